The van der Waals surface area contributed by atoms with Crippen molar-refractivity contribution in [3.05, 3.63) is 39.8 Å². The Morgan fingerprint density at radius 3 is 2.31 bits per heavy atom. The number of rotatable bonds is 5. The van der Waals surface area contributed by atoms with E-state index in [4.69, 9.17) is 20.9 Å². The second kappa shape index (κ2) is 7.76. The summed E-state index contributed by atoms with van der Waals surface area (Å²) in [5, 5.41) is 9.58. The maximum absolute atomic E-state index is 11.6. The molecular weight excluding hydrogens is 375 g/mol. The van der Waals surface area contributed by atoms with Crippen molar-refractivity contribution in [1.29, 1.82) is 0 Å². The van der Waals surface area contributed by atoms with Crippen molar-refractivity contribution in [3.63, 3.8) is 0 Å². The first kappa shape index (κ1) is 21.0. The number of aromatic carboxylic acids is 1. The summed E-state index contributed by atoms with van der Waals surface area (Å²) in [6.45, 7) is 9.22. The molecule has 0 aromatic heterocycles. The van der Waals surface area contributed by atoms with E-state index in [1.807, 2.05) is 27.7 Å². The molecule has 1 aromatic rings. The van der Waals surface area contributed by atoms with Crippen LogP contribution in [0.15, 0.2) is 23.7 Å². The first-order chi connectivity index (χ1) is 11.9. The van der Waals surface area contributed by atoms with E-state index in [2.05, 4.69) is 0 Å². The minimum Gasteiger partial charge on any atom is -0.478 e. The van der Waals surface area contributed by atoms with Gasteiger partial charge in [0.05, 0.1) is 21.8 Å². The third-order valence-corrected chi connectivity index (χ3v) is 5.80. The second-order valence-electron chi connectivity index (χ2n) is 7.10. The minimum absolute atomic E-state index is 0.0102. The first-order valence-electron chi connectivity index (χ1n) is 8.16. The number of thioether (sulfide) groups is 1. The van der Waals surface area contributed by atoms with E-state index in [-0.39, 0.29) is 15.7 Å². The topological polar surface area (TPSA) is 72.8 Å². The molecule has 0 bridgehead atoms. The Kier molecular flexibility index (Phi) is 6.28. The standard InChI is InChI=1S/C18H22BClO5S/c1-11(21)26-10-13(19-24-17(2,3)18(4,5)25-19)9-12-7-6-8-14(20)15(12)16(22)23/h6-9H,10H2,1-5H3,(H,22,23). The van der Waals surface area contributed by atoms with Gasteiger partial charge in [-0.05, 0) is 44.8 Å². The zero-order chi connectivity index (χ0) is 19.7. The molecule has 1 aromatic carbocycles. The molecule has 0 aliphatic carbocycles. The van der Waals surface area contributed by atoms with Crippen LogP contribution in [0.3, 0.4) is 0 Å². The fourth-order valence-corrected chi connectivity index (χ4v) is 3.30. The quantitative estimate of drug-likeness (QED) is 0.747. The van der Waals surface area contributed by atoms with Gasteiger partial charge in [0.2, 0.25) is 0 Å². The first-order valence-corrected chi connectivity index (χ1v) is 9.52. The van der Waals surface area contributed by atoms with E-state index in [0.29, 0.717) is 16.8 Å². The maximum Gasteiger partial charge on any atom is 0.491 e. The molecule has 1 fully saturated rings. The Labute approximate surface area is 163 Å². The molecular formula is C18H22BClO5S. The van der Waals surface area contributed by atoms with Crippen molar-refractivity contribution in [1.82, 2.24) is 0 Å². The number of carbonyl (C=O) groups is 2. The summed E-state index contributed by atoms with van der Waals surface area (Å²) in [7, 11) is -0.674. The normalized spacial score (nSPS) is 18.8. The summed E-state index contributed by atoms with van der Waals surface area (Å²) < 4.78 is 12.1. The fourth-order valence-electron chi connectivity index (χ4n) is 2.44. The van der Waals surface area contributed by atoms with E-state index in [9.17, 15) is 14.7 Å². The molecule has 5 nitrogen and oxygen atoms in total. The zero-order valence-electron chi connectivity index (χ0n) is 15.5. The third kappa shape index (κ3) is 4.52. The summed E-state index contributed by atoms with van der Waals surface area (Å²) in [6.07, 6.45) is 1.69. The number of carboxylic acid groups (broad SMARTS) is 1. The van der Waals surface area contributed by atoms with Crippen LogP contribution in [0.5, 0.6) is 0 Å². The largest absolute Gasteiger partial charge is 0.491 e. The molecule has 1 N–H and O–H groups in total. The summed E-state index contributed by atoms with van der Waals surface area (Å²) in [4.78, 5) is 23.0. The average Bonchev–Trinajstić information content (AvgIpc) is 2.71. The Morgan fingerprint density at radius 1 is 1.23 bits per heavy atom. The van der Waals surface area contributed by atoms with Gasteiger partial charge in [-0.15, -0.1) is 0 Å². The van der Waals surface area contributed by atoms with Crippen LogP contribution in [0.25, 0.3) is 6.08 Å². The third-order valence-electron chi connectivity index (χ3n) is 4.60. The van der Waals surface area contributed by atoms with Crippen LogP contribution >= 0.6 is 23.4 Å². The SMILES string of the molecule is CC(=O)SCC(=Cc1cccc(Cl)c1C(=O)O)B1OC(C)(C)C(C)(C)O1. The van der Waals surface area contributed by atoms with Gasteiger partial charge >= 0.3 is 13.1 Å². The predicted molar refractivity (Wildman–Crippen MR) is 106 cm³/mol. The van der Waals surface area contributed by atoms with Gasteiger partial charge in [0.25, 0.3) is 0 Å². The lowest BCUT2D eigenvalue weighted by Crippen LogP contribution is -2.41. The van der Waals surface area contributed by atoms with Crippen molar-refractivity contribution >= 4 is 47.6 Å². The van der Waals surface area contributed by atoms with Gasteiger partial charge in [0.1, 0.15) is 0 Å². The molecule has 1 saturated heterocycles. The minimum atomic E-state index is -1.12. The smallest absolute Gasteiger partial charge is 0.478 e. The van der Waals surface area contributed by atoms with Crippen molar-refractivity contribution in [2.75, 3.05) is 5.75 Å². The van der Waals surface area contributed by atoms with Crippen molar-refractivity contribution in [2.24, 2.45) is 0 Å². The van der Waals surface area contributed by atoms with Gasteiger partial charge in [-0.1, -0.05) is 41.6 Å². The molecule has 26 heavy (non-hydrogen) atoms. The number of carbonyl (C=O) groups excluding carboxylic acids is 1. The lowest BCUT2D eigenvalue weighted by Gasteiger charge is -2.32. The highest BCUT2D eigenvalue weighted by Gasteiger charge is 2.52. The number of hydrogen-bond donors (Lipinski definition) is 1. The number of benzene rings is 1. The van der Waals surface area contributed by atoms with Gasteiger partial charge in [-0.25, -0.2) is 4.79 Å². The Morgan fingerprint density at radius 2 is 1.81 bits per heavy atom. The van der Waals surface area contributed by atoms with E-state index >= 15 is 0 Å². The van der Waals surface area contributed by atoms with Crippen LogP contribution in [-0.4, -0.2) is 40.3 Å². The predicted octanol–water partition coefficient (Wildman–Crippen LogP) is 4.33. The molecule has 8 heteroatoms. The fraction of sp³-hybridized carbons (Fsp3) is 0.444. The highest BCUT2D eigenvalue weighted by atomic mass is 35.5. The Balaban J connectivity index is 2.47. The van der Waals surface area contributed by atoms with E-state index in [0.717, 1.165) is 11.8 Å². The van der Waals surface area contributed by atoms with E-state index < -0.39 is 24.3 Å². The molecule has 0 saturated carbocycles. The zero-order valence-corrected chi connectivity index (χ0v) is 17.0. The van der Waals surface area contributed by atoms with Gasteiger partial charge < -0.3 is 14.4 Å². The lowest BCUT2D eigenvalue weighted by atomic mass is 9.78. The second-order valence-corrected chi connectivity index (χ2v) is 8.66. The monoisotopic (exact) mass is 396 g/mol. The van der Waals surface area contributed by atoms with Crippen LogP contribution in [0.1, 0.15) is 50.5 Å². The molecule has 0 amide bonds. The van der Waals surface area contributed by atoms with Crippen LogP contribution in [0.2, 0.25) is 5.02 Å². The molecule has 0 unspecified atom stereocenters. The van der Waals surface area contributed by atoms with E-state index in [1.54, 1.807) is 18.2 Å². The Hall–Kier alpha value is -1.28. The molecule has 0 spiro atoms. The molecule has 140 valence electrons. The van der Waals surface area contributed by atoms with Crippen molar-refractivity contribution in [2.45, 2.75) is 45.8 Å². The molecule has 1 aliphatic heterocycles. The summed E-state index contributed by atoms with van der Waals surface area (Å²) in [6, 6.07) is 4.88. The molecule has 1 aliphatic rings. The van der Waals surface area contributed by atoms with Crippen LogP contribution in [0.4, 0.5) is 0 Å². The highest BCUT2D eigenvalue weighted by molar-refractivity contribution is 8.13. The Bertz CT molecular complexity index is 744. The number of halogens is 1. The van der Waals surface area contributed by atoms with Crippen LogP contribution in [-0.2, 0) is 14.1 Å². The molecule has 0 atom stereocenters. The van der Waals surface area contributed by atoms with Crippen molar-refractivity contribution < 1.29 is 24.0 Å². The van der Waals surface area contributed by atoms with Crippen molar-refractivity contribution in [3.8, 4) is 0 Å². The maximum atomic E-state index is 11.6. The lowest BCUT2D eigenvalue weighted by molar-refractivity contribution is -0.109. The summed E-state index contributed by atoms with van der Waals surface area (Å²) in [5.74, 6) is -0.785. The summed E-state index contributed by atoms with van der Waals surface area (Å²) >= 11 is 7.17. The van der Waals surface area contributed by atoms with Crippen LogP contribution in [0, 0.1) is 0 Å². The number of hydrogen-bond acceptors (Lipinski definition) is 5. The van der Waals surface area contributed by atoms with Gasteiger partial charge in [-0.3, -0.25) is 4.79 Å². The molecule has 0 radical (unpaired) electrons. The van der Waals surface area contributed by atoms with Crippen LogP contribution < -0.4 is 0 Å². The van der Waals surface area contributed by atoms with Gasteiger partial charge in [0, 0.05) is 12.7 Å². The number of carboxylic acids is 1. The molecule has 1 heterocycles. The van der Waals surface area contributed by atoms with E-state index in [1.165, 1.54) is 13.0 Å². The summed E-state index contributed by atoms with van der Waals surface area (Å²) in [5.41, 5.74) is 0.0481. The average molecular weight is 397 g/mol. The van der Waals surface area contributed by atoms with Gasteiger partial charge in [-0.2, -0.15) is 0 Å². The van der Waals surface area contributed by atoms with Gasteiger partial charge in [0.15, 0.2) is 5.12 Å². The highest BCUT2D eigenvalue weighted by Crippen LogP contribution is 2.39. The molecule has 2 rings (SSSR count).